The molecule has 0 aromatic heterocycles. The third kappa shape index (κ3) is 26.1. The molecule has 0 spiro atoms. The Hall–Kier alpha value is -0.340. The highest BCUT2D eigenvalue weighted by Crippen LogP contribution is 1.80. The fraction of sp³-hybridized carbons (Fsp3) is 0.778. The average molecular weight is 158 g/mol. The summed E-state index contributed by atoms with van der Waals surface area (Å²) in [6.45, 7) is 12.5. The lowest BCUT2D eigenvalue weighted by Crippen LogP contribution is -2.29. The predicted octanol–water partition coefficient (Wildman–Crippen LogP) is 1.52. The van der Waals surface area contributed by atoms with E-state index >= 15 is 0 Å². The molecule has 0 atom stereocenters. The van der Waals surface area contributed by atoms with Crippen molar-refractivity contribution in [3.05, 3.63) is 12.7 Å². The summed E-state index contributed by atoms with van der Waals surface area (Å²) in [5, 5.41) is 3.31. The molecule has 11 heavy (non-hydrogen) atoms. The SMILES string of the molecule is C=CCN.CC(C)NC(C)C. The summed E-state index contributed by atoms with van der Waals surface area (Å²) in [6.07, 6.45) is 1.65. The Kier molecular flexibility index (Phi) is 11.6. The van der Waals surface area contributed by atoms with Crippen molar-refractivity contribution >= 4 is 0 Å². The maximum absolute atomic E-state index is 4.91. The van der Waals surface area contributed by atoms with Gasteiger partial charge in [-0.25, -0.2) is 0 Å². The summed E-state index contributed by atoms with van der Waals surface area (Å²) in [7, 11) is 0. The van der Waals surface area contributed by atoms with Crippen molar-refractivity contribution in [2.45, 2.75) is 39.8 Å². The van der Waals surface area contributed by atoms with E-state index in [0.717, 1.165) is 0 Å². The zero-order chi connectivity index (χ0) is 9.28. The highest BCUT2D eigenvalue weighted by Gasteiger charge is 1.92. The molecule has 2 heteroatoms. The summed E-state index contributed by atoms with van der Waals surface area (Å²) < 4.78 is 0. The van der Waals surface area contributed by atoms with Crippen LogP contribution in [0.3, 0.4) is 0 Å². The molecule has 3 N–H and O–H groups in total. The predicted molar refractivity (Wildman–Crippen MR) is 52.7 cm³/mol. The van der Waals surface area contributed by atoms with Crippen molar-refractivity contribution in [1.29, 1.82) is 0 Å². The molecule has 0 heterocycles. The molecule has 0 amide bonds. The lowest BCUT2D eigenvalue weighted by Gasteiger charge is -2.10. The van der Waals surface area contributed by atoms with Gasteiger partial charge in [0.15, 0.2) is 0 Å². The van der Waals surface area contributed by atoms with Gasteiger partial charge in [-0.2, -0.15) is 0 Å². The lowest BCUT2D eigenvalue weighted by atomic mass is 10.3. The van der Waals surface area contributed by atoms with E-state index < -0.39 is 0 Å². The number of hydrogen-bond donors (Lipinski definition) is 2. The third-order valence-corrected chi connectivity index (χ3v) is 0.833. The van der Waals surface area contributed by atoms with Gasteiger partial charge in [0.25, 0.3) is 0 Å². The van der Waals surface area contributed by atoms with Crippen LogP contribution in [0, 0.1) is 0 Å². The van der Waals surface area contributed by atoms with Gasteiger partial charge in [0.2, 0.25) is 0 Å². The number of hydrogen-bond acceptors (Lipinski definition) is 2. The largest absolute Gasteiger partial charge is 0.327 e. The van der Waals surface area contributed by atoms with E-state index in [1.165, 1.54) is 0 Å². The Balaban J connectivity index is 0. The standard InChI is InChI=1S/C6H15N.C3H7N/c1-5(2)7-6(3)4;1-2-3-4/h5-7H,1-4H3;2H,1,3-4H2. The maximum atomic E-state index is 4.91. The van der Waals surface area contributed by atoms with Crippen LogP contribution in [-0.4, -0.2) is 18.6 Å². The molecule has 68 valence electrons. The minimum absolute atomic E-state index is 0.583. The van der Waals surface area contributed by atoms with Gasteiger partial charge >= 0.3 is 0 Å². The van der Waals surface area contributed by atoms with E-state index in [1.54, 1.807) is 6.08 Å². The van der Waals surface area contributed by atoms with Gasteiger partial charge < -0.3 is 11.1 Å². The summed E-state index contributed by atoms with van der Waals surface area (Å²) in [6, 6.07) is 1.25. The van der Waals surface area contributed by atoms with E-state index in [2.05, 4.69) is 39.6 Å². The fourth-order valence-corrected chi connectivity index (χ4v) is 0.667. The molecule has 0 rings (SSSR count). The summed E-state index contributed by atoms with van der Waals surface area (Å²) in [4.78, 5) is 0. The summed E-state index contributed by atoms with van der Waals surface area (Å²) in [5.41, 5.74) is 4.91. The Morgan fingerprint density at radius 3 is 1.55 bits per heavy atom. The Morgan fingerprint density at radius 1 is 1.27 bits per heavy atom. The second-order valence-electron chi connectivity index (χ2n) is 3.00. The second-order valence-corrected chi connectivity index (χ2v) is 3.00. The molecule has 0 unspecified atom stereocenters. The van der Waals surface area contributed by atoms with Crippen LogP contribution in [-0.2, 0) is 0 Å². The van der Waals surface area contributed by atoms with Crippen LogP contribution in [0.4, 0.5) is 0 Å². The van der Waals surface area contributed by atoms with Crippen LogP contribution in [0.15, 0.2) is 12.7 Å². The molecule has 0 fully saturated rings. The molecule has 0 aromatic rings. The molecule has 0 saturated carbocycles. The quantitative estimate of drug-likeness (QED) is 0.611. The Labute approximate surface area is 70.9 Å². The zero-order valence-corrected chi connectivity index (χ0v) is 8.22. The average Bonchev–Trinajstić information content (AvgIpc) is 1.85. The van der Waals surface area contributed by atoms with Crippen LogP contribution in [0.2, 0.25) is 0 Å². The van der Waals surface area contributed by atoms with E-state index in [0.29, 0.717) is 18.6 Å². The maximum Gasteiger partial charge on any atom is 0.0104 e. The van der Waals surface area contributed by atoms with Crippen molar-refractivity contribution in [3.8, 4) is 0 Å². The number of nitrogens with one attached hydrogen (secondary N) is 1. The van der Waals surface area contributed by atoms with Crippen LogP contribution >= 0.6 is 0 Å². The summed E-state index contributed by atoms with van der Waals surface area (Å²) >= 11 is 0. The number of nitrogens with two attached hydrogens (primary N) is 1. The van der Waals surface area contributed by atoms with Crippen LogP contribution in [0.1, 0.15) is 27.7 Å². The Bertz CT molecular complexity index is 71.6. The van der Waals surface area contributed by atoms with Gasteiger partial charge in [-0.1, -0.05) is 33.8 Å². The van der Waals surface area contributed by atoms with Crippen molar-refractivity contribution in [3.63, 3.8) is 0 Å². The first-order valence-corrected chi connectivity index (χ1v) is 4.11. The molecule has 2 nitrogen and oxygen atoms in total. The molecular formula is C9H22N2. The molecule has 0 aromatic carbocycles. The third-order valence-electron chi connectivity index (χ3n) is 0.833. The van der Waals surface area contributed by atoms with Gasteiger partial charge in [-0.3, -0.25) is 0 Å². The van der Waals surface area contributed by atoms with E-state index in [4.69, 9.17) is 5.73 Å². The molecular weight excluding hydrogens is 136 g/mol. The van der Waals surface area contributed by atoms with Crippen molar-refractivity contribution in [2.24, 2.45) is 5.73 Å². The highest BCUT2D eigenvalue weighted by atomic mass is 14.9. The van der Waals surface area contributed by atoms with Crippen molar-refractivity contribution < 1.29 is 0 Å². The first kappa shape index (κ1) is 13.3. The molecule has 0 aliphatic carbocycles. The van der Waals surface area contributed by atoms with E-state index in [9.17, 15) is 0 Å². The van der Waals surface area contributed by atoms with Crippen molar-refractivity contribution in [1.82, 2.24) is 5.32 Å². The van der Waals surface area contributed by atoms with Crippen LogP contribution in [0.25, 0.3) is 0 Å². The summed E-state index contributed by atoms with van der Waals surface area (Å²) in [5.74, 6) is 0. The lowest BCUT2D eigenvalue weighted by molar-refractivity contribution is 0.518. The van der Waals surface area contributed by atoms with Crippen molar-refractivity contribution in [2.75, 3.05) is 6.54 Å². The van der Waals surface area contributed by atoms with Gasteiger partial charge in [0, 0.05) is 18.6 Å². The van der Waals surface area contributed by atoms with Gasteiger partial charge in [0.1, 0.15) is 0 Å². The van der Waals surface area contributed by atoms with E-state index in [-0.39, 0.29) is 0 Å². The Morgan fingerprint density at radius 2 is 1.55 bits per heavy atom. The first-order chi connectivity index (χ1) is 5.04. The normalized spacial score (nSPS) is 9.36. The van der Waals surface area contributed by atoms with Gasteiger partial charge in [-0.05, 0) is 0 Å². The molecule has 0 aliphatic heterocycles. The second kappa shape index (κ2) is 9.66. The molecule has 0 radical (unpaired) electrons. The first-order valence-electron chi connectivity index (χ1n) is 4.11. The van der Waals surface area contributed by atoms with Crippen LogP contribution in [0.5, 0.6) is 0 Å². The van der Waals surface area contributed by atoms with Gasteiger partial charge in [0.05, 0.1) is 0 Å². The molecule has 0 bridgehead atoms. The fourth-order valence-electron chi connectivity index (χ4n) is 0.667. The van der Waals surface area contributed by atoms with Gasteiger partial charge in [-0.15, -0.1) is 6.58 Å². The molecule has 0 aliphatic rings. The van der Waals surface area contributed by atoms with Crippen LogP contribution < -0.4 is 11.1 Å². The zero-order valence-electron chi connectivity index (χ0n) is 8.22. The molecule has 0 saturated heterocycles. The number of rotatable bonds is 3. The highest BCUT2D eigenvalue weighted by molar-refractivity contribution is 4.64. The minimum Gasteiger partial charge on any atom is -0.327 e. The van der Waals surface area contributed by atoms with E-state index in [1.807, 2.05) is 0 Å². The minimum atomic E-state index is 0.583. The monoisotopic (exact) mass is 158 g/mol. The smallest absolute Gasteiger partial charge is 0.0104 e. The topological polar surface area (TPSA) is 38.0 Å².